The summed E-state index contributed by atoms with van der Waals surface area (Å²) in [6.07, 6.45) is 10.7. The van der Waals surface area contributed by atoms with Crippen LogP contribution in [0.5, 0.6) is 5.75 Å². The van der Waals surface area contributed by atoms with E-state index < -0.39 is 0 Å². The molecule has 1 saturated heterocycles. The number of rotatable bonds is 6. The summed E-state index contributed by atoms with van der Waals surface area (Å²) in [6, 6.07) is 6.36. The molecule has 0 radical (unpaired) electrons. The molecule has 1 aliphatic heterocycles. The van der Waals surface area contributed by atoms with E-state index in [1.807, 2.05) is 0 Å². The minimum atomic E-state index is -0.132. The highest BCUT2D eigenvalue weighted by atomic mass is 32.1. The highest BCUT2D eigenvalue weighted by Crippen LogP contribution is 2.38. The van der Waals surface area contributed by atoms with Gasteiger partial charge >= 0.3 is 0 Å². The van der Waals surface area contributed by atoms with Crippen LogP contribution in [0.1, 0.15) is 50.6 Å². The van der Waals surface area contributed by atoms with E-state index in [4.69, 9.17) is 9.72 Å². The maximum Gasteiger partial charge on any atom is 0.143 e. The van der Waals surface area contributed by atoms with Crippen molar-refractivity contribution in [2.45, 2.75) is 64.1 Å². The van der Waals surface area contributed by atoms with Crippen molar-refractivity contribution in [3.8, 4) is 16.3 Å². The van der Waals surface area contributed by atoms with Gasteiger partial charge in [-0.25, -0.2) is 4.98 Å². The van der Waals surface area contributed by atoms with Crippen molar-refractivity contribution in [3.05, 3.63) is 35.5 Å². The predicted octanol–water partition coefficient (Wildman–Crippen LogP) is 5.31. The van der Waals surface area contributed by atoms with E-state index in [1.165, 1.54) is 48.6 Å². The molecular formula is C25H33N3O2S. The monoisotopic (exact) mass is 439 g/mol. The van der Waals surface area contributed by atoms with Crippen LogP contribution in [0.15, 0.2) is 29.8 Å². The molecule has 3 heterocycles. The van der Waals surface area contributed by atoms with E-state index in [-0.39, 0.29) is 6.10 Å². The second kappa shape index (κ2) is 9.31. The summed E-state index contributed by atoms with van der Waals surface area (Å²) in [5.74, 6) is 1.70. The zero-order chi connectivity index (χ0) is 21.2. The second-order valence-corrected chi connectivity index (χ2v) is 10.1. The Labute approximate surface area is 188 Å². The fourth-order valence-electron chi connectivity index (χ4n) is 5.26. The van der Waals surface area contributed by atoms with Crippen LogP contribution in [0.2, 0.25) is 0 Å². The molecule has 0 spiro atoms. The lowest BCUT2D eigenvalue weighted by Crippen LogP contribution is -2.35. The van der Waals surface area contributed by atoms with Gasteiger partial charge in [-0.1, -0.05) is 31.4 Å². The van der Waals surface area contributed by atoms with Crippen molar-refractivity contribution in [1.82, 2.24) is 14.5 Å². The van der Waals surface area contributed by atoms with Crippen molar-refractivity contribution in [1.29, 1.82) is 0 Å². The van der Waals surface area contributed by atoms with Crippen LogP contribution in [0.3, 0.4) is 0 Å². The van der Waals surface area contributed by atoms with Crippen LogP contribution in [0.4, 0.5) is 0 Å². The lowest BCUT2D eigenvalue weighted by Gasteiger charge is -2.28. The molecule has 0 amide bonds. The summed E-state index contributed by atoms with van der Waals surface area (Å²) >= 11 is 1.74. The molecule has 31 heavy (non-hydrogen) atoms. The molecule has 3 aromatic rings. The normalized spacial score (nSPS) is 19.3. The molecule has 2 fully saturated rings. The Balaban J connectivity index is 1.43. The zero-order valence-electron chi connectivity index (χ0n) is 18.4. The summed E-state index contributed by atoms with van der Waals surface area (Å²) in [4.78, 5) is 7.42. The number of nitrogens with zero attached hydrogens (tertiary/aromatic N) is 3. The van der Waals surface area contributed by atoms with E-state index in [9.17, 15) is 5.11 Å². The third-order valence-corrected chi connectivity index (χ3v) is 7.91. The zero-order valence-corrected chi connectivity index (χ0v) is 19.2. The molecule has 2 aliphatic rings. The summed E-state index contributed by atoms with van der Waals surface area (Å²) < 4.78 is 8.18. The van der Waals surface area contributed by atoms with Crippen LogP contribution in [0, 0.1) is 5.92 Å². The number of aliphatic hydroxyl groups is 1. The summed E-state index contributed by atoms with van der Waals surface area (Å²) in [5.41, 5.74) is 3.55. The minimum absolute atomic E-state index is 0.132. The van der Waals surface area contributed by atoms with Crippen molar-refractivity contribution in [3.63, 3.8) is 0 Å². The van der Waals surface area contributed by atoms with Gasteiger partial charge in [0.15, 0.2) is 0 Å². The number of piperidine rings is 1. The molecule has 0 unspecified atom stereocenters. The van der Waals surface area contributed by atoms with Gasteiger partial charge in [-0.15, -0.1) is 11.3 Å². The Bertz CT molecular complexity index is 1010. The molecule has 166 valence electrons. The molecule has 0 bridgehead atoms. The molecule has 1 saturated carbocycles. The molecule has 5 rings (SSSR count). The van der Waals surface area contributed by atoms with E-state index in [2.05, 4.69) is 39.2 Å². The molecule has 5 nitrogen and oxygen atoms in total. The molecule has 6 heteroatoms. The number of hydrogen-bond acceptors (Lipinski definition) is 5. The van der Waals surface area contributed by atoms with Gasteiger partial charge < -0.3 is 14.4 Å². The number of ether oxygens (including phenoxy) is 1. The number of aliphatic hydroxyl groups excluding tert-OH is 1. The molecule has 1 N–H and O–H groups in total. The lowest BCUT2D eigenvalue weighted by molar-refractivity contribution is 0.0787. The van der Waals surface area contributed by atoms with Crippen molar-refractivity contribution >= 4 is 22.2 Å². The Morgan fingerprint density at radius 2 is 1.94 bits per heavy atom. The van der Waals surface area contributed by atoms with Crippen LogP contribution >= 0.6 is 11.3 Å². The lowest BCUT2D eigenvalue weighted by atomic mass is 9.89. The number of para-hydroxylation sites is 1. The molecular weight excluding hydrogens is 406 g/mol. The van der Waals surface area contributed by atoms with Crippen molar-refractivity contribution < 1.29 is 9.84 Å². The smallest absolute Gasteiger partial charge is 0.143 e. The minimum Gasteiger partial charge on any atom is -0.495 e. The first-order valence-electron chi connectivity index (χ1n) is 11.7. The molecule has 1 aromatic carbocycles. The Morgan fingerprint density at radius 3 is 2.71 bits per heavy atom. The van der Waals surface area contributed by atoms with Gasteiger partial charge in [-0.2, -0.15) is 0 Å². The fraction of sp³-hybridized carbons (Fsp3) is 0.560. The second-order valence-electron chi connectivity index (χ2n) is 9.21. The topological polar surface area (TPSA) is 50.5 Å². The van der Waals surface area contributed by atoms with Crippen LogP contribution in [0.25, 0.3) is 21.5 Å². The van der Waals surface area contributed by atoms with Gasteiger partial charge in [0.25, 0.3) is 0 Å². The molecule has 0 atom stereocenters. The van der Waals surface area contributed by atoms with Crippen LogP contribution < -0.4 is 4.74 Å². The highest BCUT2D eigenvalue weighted by Gasteiger charge is 2.21. The average Bonchev–Trinajstić information content (AvgIpc) is 3.41. The van der Waals surface area contributed by atoms with Crippen LogP contribution in [-0.2, 0) is 13.1 Å². The SMILES string of the molecule is COc1cccc2c(-c3nc(CN4CCC(O)CC4)cs3)cn(CC3CCCCC3)c12. The van der Waals surface area contributed by atoms with E-state index in [0.29, 0.717) is 0 Å². The van der Waals surface area contributed by atoms with Gasteiger partial charge in [0.2, 0.25) is 0 Å². The number of methoxy groups -OCH3 is 1. The summed E-state index contributed by atoms with van der Waals surface area (Å²) in [5, 5.41) is 14.3. The summed E-state index contributed by atoms with van der Waals surface area (Å²) in [6.45, 7) is 3.83. The first kappa shape index (κ1) is 21.0. The van der Waals surface area contributed by atoms with E-state index in [1.54, 1.807) is 18.4 Å². The van der Waals surface area contributed by atoms with Gasteiger partial charge in [0.1, 0.15) is 10.8 Å². The highest BCUT2D eigenvalue weighted by molar-refractivity contribution is 7.13. The molecule has 1 aliphatic carbocycles. The standard InChI is InChI=1S/C25H33N3O2S/c1-30-23-9-5-8-21-22(16-28(24(21)23)14-18-6-3-2-4-7-18)25-26-19(17-31-25)15-27-12-10-20(29)11-13-27/h5,8-9,16-18,20,29H,2-4,6-7,10-15H2,1H3. The van der Waals surface area contributed by atoms with Crippen molar-refractivity contribution in [2.75, 3.05) is 20.2 Å². The number of hydrogen-bond donors (Lipinski definition) is 1. The number of thiazole rings is 1. The number of likely N-dealkylation sites (tertiary alicyclic amines) is 1. The maximum absolute atomic E-state index is 9.76. The Kier molecular flexibility index (Phi) is 6.30. The van der Waals surface area contributed by atoms with Gasteiger partial charge in [-0.05, 0) is 37.7 Å². The third-order valence-electron chi connectivity index (χ3n) is 6.99. The predicted molar refractivity (Wildman–Crippen MR) is 127 cm³/mol. The largest absolute Gasteiger partial charge is 0.495 e. The Hall–Kier alpha value is -1.89. The average molecular weight is 440 g/mol. The third kappa shape index (κ3) is 4.52. The first-order chi connectivity index (χ1) is 15.2. The quantitative estimate of drug-likeness (QED) is 0.565. The van der Waals surface area contributed by atoms with E-state index in [0.717, 1.165) is 61.4 Å². The fourth-order valence-corrected chi connectivity index (χ4v) is 6.10. The summed E-state index contributed by atoms with van der Waals surface area (Å²) in [7, 11) is 1.77. The maximum atomic E-state index is 9.76. The van der Waals surface area contributed by atoms with Gasteiger partial charge in [0, 0.05) is 48.7 Å². The number of benzene rings is 1. The van der Waals surface area contributed by atoms with Crippen LogP contribution in [-0.4, -0.2) is 45.9 Å². The number of fused-ring (bicyclic) bond motifs is 1. The van der Waals surface area contributed by atoms with Gasteiger partial charge in [0.05, 0.1) is 24.4 Å². The Morgan fingerprint density at radius 1 is 1.13 bits per heavy atom. The molecule has 2 aromatic heterocycles. The number of aromatic nitrogens is 2. The first-order valence-corrected chi connectivity index (χ1v) is 12.6. The van der Waals surface area contributed by atoms with Gasteiger partial charge in [-0.3, -0.25) is 4.90 Å². The van der Waals surface area contributed by atoms with E-state index >= 15 is 0 Å². The van der Waals surface area contributed by atoms with Crippen molar-refractivity contribution in [2.24, 2.45) is 5.92 Å².